The number of piperazine rings is 1. The zero-order valence-corrected chi connectivity index (χ0v) is 10.6. The van der Waals surface area contributed by atoms with Crippen LogP contribution >= 0.6 is 0 Å². The molecule has 0 radical (unpaired) electrons. The Morgan fingerprint density at radius 3 is 2.40 bits per heavy atom. The third-order valence-electron chi connectivity index (χ3n) is 4.64. The van der Waals surface area contributed by atoms with E-state index >= 15 is 0 Å². The van der Waals surface area contributed by atoms with Gasteiger partial charge in [-0.2, -0.15) is 0 Å². The van der Waals surface area contributed by atoms with Crippen LogP contribution in [-0.2, 0) is 0 Å². The van der Waals surface area contributed by atoms with Gasteiger partial charge in [0.15, 0.2) is 0 Å². The van der Waals surface area contributed by atoms with Crippen molar-refractivity contribution in [3.63, 3.8) is 0 Å². The van der Waals surface area contributed by atoms with Crippen molar-refractivity contribution in [1.82, 2.24) is 9.80 Å². The molecule has 2 aliphatic rings. The van der Waals surface area contributed by atoms with E-state index in [9.17, 15) is 0 Å². The Bertz CT molecular complexity index is 211. The first-order valence-corrected chi connectivity index (χ1v) is 6.71. The van der Waals surface area contributed by atoms with Crippen LogP contribution in [-0.4, -0.2) is 47.6 Å². The van der Waals surface area contributed by atoms with E-state index in [1.807, 2.05) is 0 Å². The van der Waals surface area contributed by atoms with Crippen LogP contribution in [0.25, 0.3) is 0 Å². The number of likely N-dealkylation sites (N-methyl/N-ethyl adjacent to an activating group) is 1. The second kappa shape index (κ2) is 4.42. The lowest BCUT2D eigenvalue weighted by molar-refractivity contribution is -0.0728. The van der Waals surface area contributed by atoms with Gasteiger partial charge in [-0.1, -0.05) is 13.8 Å². The molecule has 1 saturated heterocycles. The molecule has 0 aromatic heterocycles. The van der Waals surface area contributed by atoms with Gasteiger partial charge in [0.05, 0.1) is 0 Å². The lowest BCUT2D eigenvalue weighted by atomic mass is 9.73. The predicted octanol–water partition coefficient (Wildman–Crippen LogP) is 2.35. The monoisotopic (exact) mass is 210 g/mol. The van der Waals surface area contributed by atoms with Crippen LogP contribution in [0.1, 0.15) is 46.5 Å². The van der Waals surface area contributed by atoms with Crippen molar-refractivity contribution < 1.29 is 0 Å². The third kappa shape index (κ3) is 1.94. The highest BCUT2D eigenvalue weighted by Gasteiger charge is 2.46. The standard InChI is InChI=1S/C13H26N2/c1-4-12(3)15-10-9-14(5-2)11-13(15)7-6-8-13/h12H,4-11H2,1-3H3. The second-order valence-electron chi connectivity index (χ2n) is 5.40. The topological polar surface area (TPSA) is 6.48 Å². The van der Waals surface area contributed by atoms with E-state index in [-0.39, 0.29) is 0 Å². The maximum absolute atomic E-state index is 2.81. The van der Waals surface area contributed by atoms with E-state index in [1.165, 1.54) is 51.9 Å². The van der Waals surface area contributed by atoms with E-state index in [4.69, 9.17) is 0 Å². The van der Waals surface area contributed by atoms with Gasteiger partial charge in [0, 0.05) is 31.2 Å². The Balaban J connectivity index is 2.05. The Morgan fingerprint density at radius 1 is 1.20 bits per heavy atom. The molecule has 1 spiro atoms. The van der Waals surface area contributed by atoms with Gasteiger partial charge in [-0.25, -0.2) is 0 Å². The number of rotatable bonds is 3. The summed E-state index contributed by atoms with van der Waals surface area (Å²) < 4.78 is 0. The zero-order chi connectivity index (χ0) is 10.9. The minimum atomic E-state index is 0.573. The second-order valence-corrected chi connectivity index (χ2v) is 5.40. The molecule has 1 aliphatic heterocycles. The summed E-state index contributed by atoms with van der Waals surface area (Å²) in [6.45, 7) is 12.2. The molecule has 0 N–H and O–H groups in total. The van der Waals surface area contributed by atoms with Crippen molar-refractivity contribution in [2.75, 3.05) is 26.2 Å². The minimum absolute atomic E-state index is 0.573. The highest BCUT2D eigenvalue weighted by Crippen LogP contribution is 2.41. The first kappa shape index (κ1) is 11.4. The molecule has 1 heterocycles. The molecule has 88 valence electrons. The fourth-order valence-corrected chi connectivity index (χ4v) is 3.28. The van der Waals surface area contributed by atoms with Crippen molar-refractivity contribution in [3.05, 3.63) is 0 Å². The van der Waals surface area contributed by atoms with Gasteiger partial charge in [-0.15, -0.1) is 0 Å². The SMILES string of the molecule is CCC(C)N1CCN(CC)CC12CCC2. The maximum Gasteiger partial charge on any atom is 0.0339 e. The van der Waals surface area contributed by atoms with Crippen molar-refractivity contribution >= 4 is 0 Å². The van der Waals surface area contributed by atoms with Gasteiger partial charge < -0.3 is 4.90 Å². The summed E-state index contributed by atoms with van der Waals surface area (Å²) in [4.78, 5) is 5.45. The number of hydrogen-bond acceptors (Lipinski definition) is 2. The highest BCUT2D eigenvalue weighted by molar-refractivity contribution is 5.04. The largest absolute Gasteiger partial charge is 0.300 e. The summed E-state index contributed by atoms with van der Waals surface area (Å²) in [7, 11) is 0. The quantitative estimate of drug-likeness (QED) is 0.705. The molecule has 1 unspecified atom stereocenters. The van der Waals surface area contributed by atoms with Crippen LogP contribution in [0.4, 0.5) is 0 Å². The van der Waals surface area contributed by atoms with Gasteiger partial charge >= 0.3 is 0 Å². The Labute approximate surface area is 94.6 Å². The number of nitrogens with zero attached hydrogens (tertiary/aromatic N) is 2. The lowest BCUT2D eigenvalue weighted by Gasteiger charge is -2.58. The molecule has 1 atom stereocenters. The molecule has 0 bridgehead atoms. The molecule has 0 amide bonds. The van der Waals surface area contributed by atoms with Crippen LogP contribution < -0.4 is 0 Å². The Kier molecular flexibility index (Phi) is 3.36. The maximum atomic E-state index is 2.81. The smallest absolute Gasteiger partial charge is 0.0339 e. The summed E-state index contributed by atoms with van der Waals surface area (Å²) in [6.07, 6.45) is 5.63. The molecule has 2 heteroatoms. The number of hydrogen-bond donors (Lipinski definition) is 0. The summed E-state index contributed by atoms with van der Waals surface area (Å²) in [6, 6.07) is 0.782. The van der Waals surface area contributed by atoms with Crippen molar-refractivity contribution in [2.45, 2.75) is 58.0 Å². The first-order valence-electron chi connectivity index (χ1n) is 6.71. The van der Waals surface area contributed by atoms with Gasteiger partial charge in [0.1, 0.15) is 0 Å². The molecule has 2 fully saturated rings. The van der Waals surface area contributed by atoms with Crippen molar-refractivity contribution in [2.24, 2.45) is 0 Å². The molecule has 1 saturated carbocycles. The minimum Gasteiger partial charge on any atom is -0.300 e. The summed E-state index contributed by atoms with van der Waals surface area (Å²) >= 11 is 0. The van der Waals surface area contributed by atoms with Crippen LogP contribution in [0.15, 0.2) is 0 Å². The molecular weight excluding hydrogens is 184 g/mol. The van der Waals surface area contributed by atoms with Crippen molar-refractivity contribution in [3.8, 4) is 0 Å². The Morgan fingerprint density at radius 2 is 1.93 bits per heavy atom. The zero-order valence-electron chi connectivity index (χ0n) is 10.6. The fourth-order valence-electron chi connectivity index (χ4n) is 3.28. The van der Waals surface area contributed by atoms with Gasteiger partial charge in [0.2, 0.25) is 0 Å². The third-order valence-corrected chi connectivity index (χ3v) is 4.64. The van der Waals surface area contributed by atoms with Crippen LogP contribution in [0.5, 0.6) is 0 Å². The average molecular weight is 210 g/mol. The van der Waals surface area contributed by atoms with E-state index in [1.54, 1.807) is 0 Å². The van der Waals surface area contributed by atoms with Gasteiger partial charge in [-0.05, 0) is 39.2 Å². The summed E-state index contributed by atoms with van der Waals surface area (Å²) in [5.41, 5.74) is 0.573. The molecular formula is C13H26N2. The van der Waals surface area contributed by atoms with E-state index in [0.717, 1.165) is 6.04 Å². The highest BCUT2D eigenvalue weighted by atomic mass is 15.3. The van der Waals surface area contributed by atoms with E-state index in [2.05, 4.69) is 30.6 Å². The van der Waals surface area contributed by atoms with Gasteiger partial charge in [-0.3, -0.25) is 4.90 Å². The molecule has 1 aliphatic carbocycles. The lowest BCUT2D eigenvalue weighted by Crippen LogP contribution is -2.67. The first-order chi connectivity index (χ1) is 7.22. The van der Waals surface area contributed by atoms with E-state index < -0.39 is 0 Å². The van der Waals surface area contributed by atoms with Crippen LogP contribution in [0.2, 0.25) is 0 Å². The normalized spacial score (nSPS) is 29.0. The predicted molar refractivity (Wildman–Crippen MR) is 65.2 cm³/mol. The van der Waals surface area contributed by atoms with Crippen LogP contribution in [0.3, 0.4) is 0 Å². The molecule has 0 aromatic rings. The van der Waals surface area contributed by atoms with Crippen LogP contribution in [0, 0.1) is 0 Å². The van der Waals surface area contributed by atoms with E-state index in [0.29, 0.717) is 5.54 Å². The molecule has 2 rings (SSSR count). The fraction of sp³-hybridized carbons (Fsp3) is 1.00. The average Bonchev–Trinajstić information content (AvgIpc) is 2.25. The van der Waals surface area contributed by atoms with Crippen molar-refractivity contribution in [1.29, 1.82) is 0 Å². The molecule has 0 aromatic carbocycles. The van der Waals surface area contributed by atoms with Gasteiger partial charge in [0.25, 0.3) is 0 Å². The molecule has 15 heavy (non-hydrogen) atoms. The Hall–Kier alpha value is -0.0800. The molecule has 2 nitrogen and oxygen atoms in total. The summed E-state index contributed by atoms with van der Waals surface area (Å²) in [5, 5.41) is 0. The summed E-state index contributed by atoms with van der Waals surface area (Å²) in [5.74, 6) is 0.